The third-order valence-corrected chi connectivity index (χ3v) is 6.68. The van der Waals surface area contributed by atoms with Crippen molar-refractivity contribution in [3.63, 3.8) is 0 Å². The molecule has 0 aliphatic carbocycles. The zero-order chi connectivity index (χ0) is 25.9. The number of benzene rings is 2. The Balaban J connectivity index is 1.87. The van der Waals surface area contributed by atoms with Crippen molar-refractivity contribution >= 4 is 35.2 Å². The molecule has 1 fully saturated rings. The number of halogens is 1. The van der Waals surface area contributed by atoms with Gasteiger partial charge in [-0.05, 0) is 69.5 Å². The van der Waals surface area contributed by atoms with Crippen molar-refractivity contribution in [3.8, 4) is 0 Å². The Hall–Kier alpha value is -3.55. The lowest BCUT2D eigenvalue weighted by Gasteiger charge is -2.36. The number of fused-ring (bicyclic) bond motifs is 1. The van der Waals surface area contributed by atoms with E-state index in [-0.39, 0.29) is 17.7 Å². The lowest BCUT2D eigenvalue weighted by molar-refractivity contribution is -0.133. The minimum Gasteiger partial charge on any atom is -0.443 e. The van der Waals surface area contributed by atoms with Crippen LogP contribution in [-0.4, -0.2) is 29.4 Å². The van der Waals surface area contributed by atoms with Gasteiger partial charge in [0.2, 0.25) is 17.7 Å². The molecule has 0 bridgehead atoms. The second kappa shape index (κ2) is 8.29. The van der Waals surface area contributed by atoms with Gasteiger partial charge in [-0.25, -0.2) is 14.1 Å². The van der Waals surface area contributed by atoms with E-state index in [1.165, 1.54) is 12.1 Å². The Morgan fingerprint density at radius 2 is 1.71 bits per heavy atom. The molecule has 35 heavy (non-hydrogen) atoms. The zero-order valence-corrected chi connectivity index (χ0v) is 20.7. The molecular formula is C27H29FN2O5. The highest BCUT2D eigenvalue weighted by atomic mass is 19.1. The fourth-order valence-corrected chi connectivity index (χ4v) is 5.18. The van der Waals surface area contributed by atoms with Gasteiger partial charge in [0, 0.05) is 6.42 Å². The lowest BCUT2D eigenvalue weighted by atomic mass is 9.63. The van der Waals surface area contributed by atoms with Crippen LogP contribution in [0.2, 0.25) is 0 Å². The molecule has 1 unspecified atom stereocenters. The third-order valence-electron chi connectivity index (χ3n) is 6.68. The average molecular weight is 481 g/mol. The maximum atomic E-state index is 14.5. The Labute approximate surface area is 203 Å². The van der Waals surface area contributed by atoms with Crippen LogP contribution in [0.1, 0.15) is 52.2 Å². The molecule has 184 valence electrons. The minimum atomic E-state index is -1.62. The fraction of sp³-hybridized carbons (Fsp3) is 0.407. The number of amides is 4. The van der Waals surface area contributed by atoms with Crippen LogP contribution in [0.15, 0.2) is 42.5 Å². The quantitative estimate of drug-likeness (QED) is 0.584. The van der Waals surface area contributed by atoms with Crippen LogP contribution in [0, 0.1) is 24.6 Å². The first-order valence-electron chi connectivity index (χ1n) is 11.6. The smallest absolute Gasteiger partial charge is 0.421 e. The summed E-state index contributed by atoms with van der Waals surface area (Å²) in [6.07, 6.45) is -1.15. The van der Waals surface area contributed by atoms with Crippen molar-refractivity contribution < 1.29 is 28.3 Å². The molecule has 0 N–H and O–H groups in total. The van der Waals surface area contributed by atoms with E-state index in [4.69, 9.17) is 4.74 Å². The minimum absolute atomic E-state index is 0.161. The molecule has 4 amide bonds. The number of nitrogens with zero attached hydrogens (tertiary/aromatic N) is 2. The molecule has 1 saturated heterocycles. The number of hydrogen-bond donors (Lipinski definition) is 0. The summed E-state index contributed by atoms with van der Waals surface area (Å²) >= 11 is 0. The van der Waals surface area contributed by atoms with E-state index in [0.29, 0.717) is 5.69 Å². The van der Waals surface area contributed by atoms with E-state index < -0.39 is 52.5 Å². The maximum Gasteiger partial charge on any atom is 0.421 e. The van der Waals surface area contributed by atoms with Gasteiger partial charge in [-0.2, -0.15) is 0 Å². The maximum absolute atomic E-state index is 14.5. The van der Waals surface area contributed by atoms with Gasteiger partial charge in [0.25, 0.3) is 0 Å². The van der Waals surface area contributed by atoms with Crippen molar-refractivity contribution in [2.24, 2.45) is 11.8 Å². The number of carbonyl (C=O) groups is 4. The molecule has 0 spiro atoms. The summed E-state index contributed by atoms with van der Waals surface area (Å²) in [6, 6.07) is 10.6. The number of imide groups is 2. The van der Waals surface area contributed by atoms with Gasteiger partial charge >= 0.3 is 6.09 Å². The van der Waals surface area contributed by atoms with Gasteiger partial charge in [-0.3, -0.25) is 19.3 Å². The van der Waals surface area contributed by atoms with Gasteiger partial charge in [0.15, 0.2) is 0 Å². The van der Waals surface area contributed by atoms with E-state index in [2.05, 4.69) is 0 Å². The lowest BCUT2D eigenvalue weighted by Crippen LogP contribution is -2.53. The second-order valence-corrected chi connectivity index (χ2v) is 10.5. The Morgan fingerprint density at radius 3 is 2.29 bits per heavy atom. The van der Waals surface area contributed by atoms with Gasteiger partial charge in [-0.15, -0.1) is 0 Å². The van der Waals surface area contributed by atoms with Gasteiger partial charge in [0.1, 0.15) is 11.4 Å². The summed E-state index contributed by atoms with van der Waals surface area (Å²) in [7, 11) is 0. The summed E-state index contributed by atoms with van der Waals surface area (Å²) in [5, 5.41) is 0. The van der Waals surface area contributed by atoms with E-state index in [9.17, 15) is 23.6 Å². The molecule has 2 heterocycles. The first-order chi connectivity index (χ1) is 16.3. The molecule has 2 aliphatic heterocycles. The highest BCUT2D eigenvalue weighted by molar-refractivity contribution is 6.27. The largest absolute Gasteiger partial charge is 0.443 e. The van der Waals surface area contributed by atoms with Crippen molar-refractivity contribution in [1.82, 2.24) is 0 Å². The summed E-state index contributed by atoms with van der Waals surface area (Å²) in [5.41, 5.74) is -0.774. The van der Waals surface area contributed by atoms with Crippen molar-refractivity contribution in [2.45, 2.75) is 59.0 Å². The summed E-state index contributed by atoms with van der Waals surface area (Å²) in [6.45, 7) is 10.4. The van der Waals surface area contributed by atoms with Crippen LogP contribution in [0.4, 0.5) is 20.6 Å². The van der Waals surface area contributed by atoms with Gasteiger partial charge in [0.05, 0.1) is 22.7 Å². The zero-order valence-electron chi connectivity index (χ0n) is 20.7. The van der Waals surface area contributed by atoms with Crippen LogP contribution in [0.25, 0.3) is 0 Å². The topological polar surface area (TPSA) is 84.0 Å². The van der Waals surface area contributed by atoms with Crippen LogP contribution in [-0.2, 0) is 24.5 Å². The third kappa shape index (κ3) is 3.81. The number of anilines is 2. The fourth-order valence-electron chi connectivity index (χ4n) is 5.18. The molecule has 0 aromatic heterocycles. The highest BCUT2D eigenvalue weighted by Gasteiger charge is 2.64. The molecule has 2 aromatic rings. The molecule has 7 nitrogen and oxygen atoms in total. The Morgan fingerprint density at radius 1 is 1.09 bits per heavy atom. The Kier molecular flexibility index (Phi) is 5.82. The van der Waals surface area contributed by atoms with E-state index in [1.807, 2.05) is 6.92 Å². The summed E-state index contributed by atoms with van der Waals surface area (Å²) in [5.74, 6) is -3.97. The predicted octanol–water partition coefficient (Wildman–Crippen LogP) is 4.89. The number of hydrogen-bond acceptors (Lipinski definition) is 5. The van der Waals surface area contributed by atoms with Gasteiger partial charge < -0.3 is 4.74 Å². The molecule has 0 radical (unpaired) electrons. The predicted molar refractivity (Wildman–Crippen MR) is 128 cm³/mol. The summed E-state index contributed by atoms with van der Waals surface area (Å²) < 4.78 is 20.0. The first-order valence-corrected chi connectivity index (χ1v) is 11.6. The molecule has 2 aromatic carbocycles. The number of ether oxygens (including phenoxy) is 1. The highest BCUT2D eigenvalue weighted by Crippen LogP contribution is 2.54. The first kappa shape index (κ1) is 24.6. The average Bonchev–Trinajstić information content (AvgIpc) is 3.17. The van der Waals surface area contributed by atoms with E-state index in [0.717, 1.165) is 21.4 Å². The normalized spacial score (nSPS) is 22.3. The Bertz CT molecular complexity index is 1230. The molecule has 0 saturated carbocycles. The number of rotatable bonds is 3. The monoisotopic (exact) mass is 480 g/mol. The number of carbonyl (C=O) groups excluding carboxylic acids is 4. The van der Waals surface area contributed by atoms with Gasteiger partial charge in [-0.1, -0.05) is 31.5 Å². The summed E-state index contributed by atoms with van der Waals surface area (Å²) in [4.78, 5) is 56.1. The van der Waals surface area contributed by atoms with Crippen molar-refractivity contribution in [3.05, 3.63) is 59.4 Å². The standard InChI is InChI=1S/C27H29FN2O5/c1-15(2)27(20-14-22(31)29(23(20)32)18-10-7-16(3)8-11-18)19-13-17(28)9-12-21(19)30(24(27)33)25(34)35-26(4,5)6/h7-13,15,20H,14H2,1-6H3/t20-,27?/m1/s1. The second-order valence-electron chi connectivity index (χ2n) is 10.5. The van der Waals surface area contributed by atoms with Crippen LogP contribution in [0.3, 0.4) is 0 Å². The molecule has 4 rings (SSSR count). The van der Waals surface area contributed by atoms with Crippen molar-refractivity contribution in [2.75, 3.05) is 9.80 Å². The molecular weight excluding hydrogens is 451 g/mol. The van der Waals surface area contributed by atoms with Crippen LogP contribution >= 0.6 is 0 Å². The molecule has 2 atom stereocenters. The SMILES string of the molecule is Cc1ccc(N2C(=O)C[C@@H](C3(C(C)C)C(=O)N(C(=O)OC(C)(C)C)c4ccc(F)cc43)C2=O)cc1. The molecule has 2 aliphatic rings. The van der Waals surface area contributed by atoms with Crippen LogP contribution in [0.5, 0.6) is 0 Å². The van der Waals surface area contributed by atoms with E-state index >= 15 is 0 Å². The number of aryl methyl sites for hydroxylation is 1. The van der Waals surface area contributed by atoms with E-state index in [1.54, 1.807) is 58.9 Å². The van der Waals surface area contributed by atoms with Crippen molar-refractivity contribution in [1.29, 1.82) is 0 Å². The van der Waals surface area contributed by atoms with Crippen LogP contribution < -0.4 is 9.80 Å². The molecule has 8 heteroatoms.